The molecule has 3 N–H and O–H groups in total. The van der Waals surface area contributed by atoms with Gasteiger partial charge in [0.2, 0.25) is 0 Å². The normalized spacial score (nSPS) is 20.3. The maximum atomic E-state index is 14.4. The molecule has 0 aliphatic heterocycles. The number of nitrogens with one attached hydrogen (secondary N) is 2. The zero-order chi connectivity index (χ0) is 19.8. The highest BCUT2D eigenvalue weighted by Gasteiger charge is 2.34. The van der Waals surface area contributed by atoms with E-state index < -0.39 is 11.6 Å². The lowest BCUT2D eigenvalue weighted by Gasteiger charge is -2.37. The number of halogens is 3. The molecule has 148 valence electrons. The minimum atomic E-state index is -0.626. The fourth-order valence-electron chi connectivity index (χ4n) is 4.08. The molecular weight excluding hydrogens is 365 g/mol. The van der Waals surface area contributed by atoms with Crippen LogP contribution in [-0.4, -0.2) is 29.3 Å². The maximum absolute atomic E-state index is 14.4. The minimum absolute atomic E-state index is 0.0464. The van der Waals surface area contributed by atoms with Crippen molar-refractivity contribution in [1.29, 1.82) is 0 Å². The highest BCUT2D eigenvalue weighted by atomic mass is 19.1. The number of aromatic nitrogens is 1. The van der Waals surface area contributed by atoms with Gasteiger partial charge >= 0.3 is 0 Å². The summed E-state index contributed by atoms with van der Waals surface area (Å²) in [6.45, 7) is 2.81. The van der Waals surface area contributed by atoms with Crippen LogP contribution in [0.25, 0.3) is 22.2 Å². The minimum Gasteiger partial charge on any atom is -0.395 e. The summed E-state index contributed by atoms with van der Waals surface area (Å²) in [5.41, 5.74) is 2.65. The first kappa shape index (κ1) is 19.0. The topological polar surface area (TPSA) is 48.0 Å². The van der Waals surface area contributed by atoms with Gasteiger partial charge in [-0.3, -0.25) is 0 Å². The molecule has 1 aromatic heterocycles. The molecule has 1 heterocycles. The summed E-state index contributed by atoms with van der Waals surface area (Å²) in [4.78, 5) is 3.11. The predicted octanol–water partition coefficient (Wildman–Crippen LogP) is 4.72. The average molecular weight is 388 g/mol. The summed E-state index contributed by atoms with van der Waals surface area (Å²) < 4.78 is 41.6. The lowest BCUT2D eigenvalue weighted by Crippen LogP contribution is -2.38. The Morgan fingerprint density at radius 1 is 1.11 bits per heavy atom. The van der Waals surface area contributed by atoms with Gasteiger partial charge in [0.25, 0.3) is 0 Å². The summed E-state index contributed by atoms with van der Waals surface area (Å²) in [7, 11) is 0. The lowest BCUT2D eigenvalue weighted by molar-refractivity contribution is 0.214. The third kappa shape index (κ3) is 3.54. The highest BCUT2D eigenvalue weighted by molar-refractivity contribution is 5.92. The third-order valence-electron chi connectivity index (χ3n) is 5.67. The Kier molecular flexibility index (Phi) is 5.17. The van der Waals surface area contributed by atoms with Gasteiger partial charge in [0, 0.05) is 17.5 Å². The Bertz CT molecular complexity index is 978. The van der Waals surface area contributed by atoms with Gasteiger partial charge in [0.1, 0.15) is 17.5 Å². The Morgan fingerprint density at radius 2 is 1.82 bits per heavy atom. The SMILES string of the molecule is C[C@H](CO)NCC1CC(c2c(-c3ccc(F)cc3)[nH]c3c(F)cc(F)cc23)C1. The smallest absolute Gasteiger partial charge is 0.150 e. The van der Waals surface area contributed by atoms with E-state index in [-0.39, 0.29) is 29.9 Å². The molecule has 1 aliphatic rings. The number of hydrogen-bond acceptors (Lipinski definition) is 2. The quantitative estimate of drug-likeness (QED) is 0.572. The number of aromatic amines is 1. The van der Waals surface area contributed by atoms with E-state index in [2.05, 4.69) is 10.3 Å². The van der Waals surface area contributed by atoms with Crippen LogP contribution in [0.1, 0.15) is 31.2 Å². The molecule has 1 fully saturated rings. The summed E-state index contributed by atoms with van der Waals surface area (Å²) >= 11 is 0. The van der Waals surface area contributed by atoms with E-state index in [1.807, 2.05) is 6.92 Å². The van der Waals surface area contributed by atoms with Crippen molar-refractivity contribution in [2.24, 2.45) is 5.92 Å². The molecule has 1 atom stereocenters. The van der Waals surface area contributed by atoms with Crippen molar-refractivity contribution in [3.05, 3.63) is 59.4 Å². The van der Waals surface area contributed by atoms with Gasteiger partial charge in [-0.15, -0.1) is 0 Å². The molecule has 0 spiro atoms. The van der Waals surface area contributed by atoms with Gasteiger partial charge in [-0.25, -0.2) is 13.2 Å². The molecule has 28 heavy (non-hydrogen) atoms. The molecule has 3 nitrogen and oxygen atoms in total. The number of hydrogen-bond donors (Lipinski definition) is 3. The molecule has 4 rings (SSSR count). The van der Waals surface area contributed by atoms with Crippen molar-refractivity contribution in [2.45, 2.75) is 31.7 Å². The van der Waals surface area contributed by atoms with Crippen LogP contribution in [0.15, 0.2) is 36.4 Å². The predicted molar refractivity (Wildman–Crippen MR) is 104 cm³/mol. The van der Waals surface area contributed by atoms with Crippen molar-refractivity contribution in [3.8, 4) is 11.3 Å². The fourth-order valence-corrected chi connectivity index (χ4v) is 4.08. The molecule has 2 aromatic carbocycles. The third-order valence-corrected chi connectivity index (χ3v) is 5.67. The van der Waals surface area contributed by atoms with Crippen molar-refractivity contribution >= 4 is 10.9 Å². The Labute approximate surface area is 161 Å². The van der Waals surface area contributed by atoms with Crippen molar-refractivity contribution in [2.75, 3.05) is 13.2 Å². The standard InChI is InChI=1S/C22H23F3N2O/c1-12(11-28)26-10-13-6-15(7-13)20-18-8-17(24)9-19(25)22(18)27-21(20)14-2-4-16(23)5-3-14/h2-5,8-9,12-13,15,26-28H,6-7,10-11H2,1H3/t12-,13?,15?/m1/s1. The first-order valence-corrected chi connectivity index (χ1v) is 9.57. The Hall–Kier alpha value is -2.31. The van der Waals surface area contributed by atoms with Gasteiger partial charge in [0.15, 0.2) is 0 Å². The van der Waals surface area contributed by atoms with Gasteiger partial charge in [0.05, 0.1) is 17.8 Å². The van der Waals surface area contributed by atoms with Crippen LogP contribution >= 0.6 is 0 Å². The molecule has 0 amide bonds. The molecule has 0 bridgehead atoms. The highest BCUT2D eigenvalue weighted by Crippen LogP contribution is 2.48. The fraction of sp³-hybridized carbons (Fsp3) is 0.364. The van der Waals surface area contributed by atoms with E-state index in [9.17, 15) is 13.2 Å². The van der Waals surface area contributed by atoms with Gasteiger partial charge in [-0.2, -0.15) is 0 Å². The van der Waals surface area contributed by atoms with Crippen LogP contribution in [-0.2, 0) is 0 Å². The van der Waals surface area contributed by atoms with Crippen molar-refractivity contribution in [3.63, 3.8) is 0 Å². The molecule has 1 aliphatic carbocycles. The van der Waals surface area contributed by atoms with Crippen LogP contribution in [0.3, 0.4) is 0 Å². The van der Waals surface area contributed by atoms with E-state index in [1.54, 1.807) is 12.1 Å². The molecule has 1 saturated carbocycles. The molecular formula is C22H23F3N2O. The number of rotatable bonds is 6. The van der Waals surface area contributed by atoms with Crippen molar-refractivity contribution in [1.82, 2.24) is 10.3 Å². The lowest BCUT2D eigenvalue weighted by atomic mass is 9.70. The molecule has 0 radical (unpaired) electrons. The van der Waals surface area contributed by atoms with Crippen LogP contribution in [0.2, 0.25) is 0 Å². The van der Waals surface area contributed by atoms with Crippen LogP contribution < -0.4 is 5.32 Å². The average Bonchev–Trinajstić information content (AvgIpc) is 3.00. The Balaban J connectivity index is 1.68. The number of aliphatic hydroxyl groups is 1. The second kappa shape index (κ2) is 7.60. The van der Waals surface area contributed by atoms with E-state index in [4.69, 9.17) is 5.11 Å². The largest absolute Gasteiger partial charge is 0.395 e. The van der Waals surface area contributed by atoms with Crippen LogP contribution in [0.5, 0.6) is 0 Å². The summed E-state index contributed by atoms with van der Waals surface area (Å²) in [6.07, 6.45) is 1.79. The van der Waals surface area contributed by atoms with Crippen LogP contribution in [0, 0.1) is 23.4 Å². The summed E-state index contributed by atoms with van der Waals surface area (Å²) in [6, 6.07) is 8.33. The second-order valence-electron chi connectivity index (χ2n) is 7.76. The Morgan fingerprint density at radius 3 is 2.50 bits per heavy atom. The maximum Gasteiger partial charge on any atom is 0.150 e. The number of benzene rings is 2. The summed E-state index contributed by atoms with van der Waals surface area (Å²) in [5, 5.41) is 13.0. The van der Waals surface area contributed by atoms with E-state index >= 15 is 0 Å². The number of aliphatic hydroxyl groups excluding tert-OH is 1. The monoisotopic (exact) mass is 388 g/mol. The molecule has 6 heteroatoms. The first-order valence-electron chi connectivity index (χ1n) is 9.57. The van der Waals surface area contributed by atoms with Gasteiger partial charge < -0.3 is 15.4 Å². The molecule has 3 aromatic rings. The van der Waals surface area contributed by atoms with E-state index in [0.717, 1.165) is 42.3 Å². The van der Waals surface area contributed by atoms with Gasteiger partial charge in [-0.05, 0) is 79.6 Å². The second-order valence-corrected chi connectivity index (χ2v) is 7.76. The van der Waals surface area contributed by atoms with Crippen molar-refractivity contribution < 1.29 is 18.3 Å². The number of H-pyrrole nitrogens is 1. The zero-order valence-corrected chi connectivity index (χ0v) is 15.6. The molecule has 0 saturated heterocycles. The summed E-state index contributed by atoms with van der Waals surface area (Å²) in [5.74, 6) is -0.953. The molecule has 0 unspecified atom stereocenters. The zero-order valence-electron chi connectivity index (χ0n) is 15.6. The van der Waals surface area contributed by atoms with Gasteiger partial charge in [-0.1, -0.05) is 0 Å². The van der Waals surface area contributed by atoms with Crippen LogP contribution in [0.4, 0.5) is 13.2 Å². The first-order chi connectivity index (χ1) is 13.5. The van der Waals surface area contributed by atoms with E-state index in [1.165, 1.54) is 18.2 Å². The number of fused-ring (bicyclic) bond motifs is 1. The van der Waals surface area contributed by atoms with E-state index in [0.29, 0.717) is 11.3 Å².